The normalized spacial score (nSPS) is 14.1. The molecule has 2 aromatic rings. The molecule has 1 aliphatic rings. The molecule has 1 aliphatic carbocycles. The third-order valence-electron chi connectivity index (χ3n) is 3.69. The maximum Gasteiger partial charge on any atom is 0.274 e. The van der Waals surface area contributed by atoms with Gasteiger partial charge >= 0.3 is 0 Å². The molecule has 0 fully saturated rings. The standard InChI is InChI=1S/C14H14ClN3O2/c15-11-5-6-13(18(19)20)10(7-11)8-17-9-16-12-3-1-2-4-14(12)17/h5-7,9H,1-4,8H2. The summed E-state index contributed by atoms with van der Waals surface area (Å²) in [7, 11) is 0. The molecule has 0 atom stereocenters. The number of fused-ring (bicyclic) bond motifs is 1. The lowest BCUT2D eigenvalue weighted by atomic mass is 10.0. The Bertz CT molecular complexity index is 666. The van der Waals surface area contributed by atoms with Gasteiger partial charge in [-0.15, -0.1) is 0 Å². The van der Waals surface area contributed by atoms with Crippen LogP contribution in [0.1, 0.15) is 29.8 Å². The summed E-state index contributed by atoms with van der Waals surface area (Å²) >= 11 is 5.96. The highest BCUT2D eigenvalue weighted by atomic mass is 35.5. The largest absolute Gasteiger partial charge is 0.330 e. The highest BCUT2D eigenvalue weighted by molar-refractivity contribution is 6.30. The predicted molar refractivity (Wildman–Crippen MR) is 76.1 cm³/mol. The fraction of sp³-hybridized carbons (Fsp3) is 0.357. The number of nitrogens with zero attached hydrogens (tertiary/aromatic N) is 3. The Morgan fingerprint density at radius 1 is 1.35 bits per heavy atom. The van der Waals surface area contributed by atoms with Gasteiger partial charge in [0.15, 0.2) is 0 Å². The number of hydrogen-bond donors (Lipinski definition) is 0. The van der Waals surface area contributed by atoms with Crippen LogP contribution in [0.3, 0.4) is 0 Å². The van der Waals surface area contributed by atoms with Crippen molar-refractivity contribution in [3.63, 3.8) is 0 Å². The minimum Gasteiger partial charge on any atom is -0.330 e. The van der Waals surface area contributed by atoms with Crippen molar-refractivity contribution in [1.29, 1.82) is 0 Å². The number of halogens is 1. The van der Waals surface area contributed by atoms with Crippen molar-refractivity contribution >= 4 is 17.3 Å². The third kappa shape index (κ3) is 2.41. The van der Waals surface area contributed by atoms with E-state index in [-0.39, 0.29) is 10.6 Å². The number of aryl methyl sites for hydroxylation is 1. The Morgan fingerprint density at radius 2 is 2.15 bits per heavy atom. The van der Waals surface area contributed by atoms with Gasteiger partial charge in [0, 0.05) is 16.8 Å². The van der Waals surface area contributed by atoms with Crippen LogP contribution in [0.25, 0.3) is 0 Å². The van der Waals surface area contributed by atoms with Gasteiger partial charge in [0.2, 0.25) is 0 Å². The molecule has 0 bridgehead atoms. The Kier molecular flexibility index (Phi) is 3.44. The van der Waals surface area contributed by atoms with Crippen molar-refractivity contribution in [2.24, 2.45) is 0 Å². The Hall–Kier alpha value is -1.88. The van der Waals surface area contributed by atoms with E-state index in [9.17, 15) is 10.1 Å². The number of rotatable bonds is 3. The molecule has 0 amide bonds. The number of nitro benzene ring substituents is 1. The van der Waals surface area contributed by atoms with E-state index in [0.29, 0.717) is 17.1 Å². The zero-order valence-electron chi connectivity index (χ0n) is 10.9. The first kappa shape index (κ1) is 13.1. The van der Waals surface area contributed by atoms with Crippen LogP contribution >= 0.6 is 11.6 Å². The number of benzene rings is 1. The van der Waals surface area contributed by atoms with Crippen LogP contribution in [-0.4, -0.2) is 14.5 Å². The first-order valence-electron chi connectivity index (χ1n) is 6.61. The maximum absolute atomic E-state index is 11.1. The molecule has 104 valence electrons. The van der Waals surface area contributed by atoms with Crippen molar-refractivity contribution in [2.45, 2.75) is 32.2 Å². The van der Waals surface area contributed by atoms with Gasteiger partial charge < -0.3 is 4.57 Å². The van der Waals surface area contributed by atoms with Gasteiger partial charge in [-0.3, -0.25) is 10.1 Å². The molecule has 0 aliphatic heterocycles. The summed E-state index contributed by atoms with van der Waals surface area (Å²) in [4.78, 5) is 15.1. The molecule has 6 heteroatoms. The average Bonchev–Trinajstić information content (AvgIpc) is 2.82. The number of hydrogen-bond acceptors (Lipinski definition) is 3. The summed E-state index contributed by atoms with van der Waals surface area (Å²) in [5.74, 6) is 0. The fourth-order valence-electron chi connectivity index (χ4n) is 2.71. The molecule has 0 saturated carbocycles. The minimum atomic E-state index is -0.366. The first-order valence-corrected chi connectivity index (χ1v) is 6.98. The van der Waals surface area contributed by atoms with Crippen molar-refractivity contribution < 1.29 is 4.92 Å². The lowest BCUT2D eigenvalue weighted by Gasteiger charge is -2.14. The molecule has 1 aromatic heterocycles. The van der Waals surface area contributed by atoms with Crippen molar-refractivity contribution in [2.75, 3.05) is 0 Å². The maximum atomic E-state index is 11.1. The zero-order valence-corrected chi connectivity index (χ0v) is 11.6. The topological polar surface area (TPSA) is 61.0 Å². The summed E-state index contributed by atoms with van der Waals surface area (Å²) in [6, 6.07) is 4.67. The monoisotopic (exact) mass is 291 g/mol. The van der Waals surface area contributed by atoms with Gasteiger partial charge in [0.1, 0.15) is 0 Å². The van der Waals surface area contributed by atoms with Crippen LogP contribution in [0.2, 0.25) is 5.02 Å². The highest BCUT2D eigenvalue weighted by Gasteiger charge is 2.19. The van der Waals surface area contributed by atoms with Crippen LogP contribution in [0.4, 0.5) is 5.69 Å². The summed E-state index contributed by atoms with van der Waals surface area (Å²) < 4.78 is 2.01. The Balaban J connectivity index is 1.97. The fourth-order valence-corrected chi connectivity index (χ4v) is 2.90. The molecule has 1 heterocycles. The molecule has 3 rings (SSSR count). The van der Waals surface area contributed by atoms with E-state index in [1.165, 1.54) is 18.2 Å². The molecular weight excluding hydrogens is 278 g/mol. The Labute approximate surface area is 121 Å². The van der Waals surface area contributed by atoms with Crippen LogP contribution in [0.5, 0.6) is 0 Å². The van der Waals surface area contributed by atoms with E-state index in [4.69, 9.17) is 11.6 Å². The van der Waals surface area contributed by atoms with Gasteiger partial charge in [0.05, 0.1) is 29.1 Å². The van der Waals surface area contributed by atoms with E-state index in [0.717, 1.165) is 25.0 Å². The second kappa shape index (κ2) is 5.25. The van der Waals surface area contributed by atoms with E-state index in [1.807, 2.05) is 4.57 Å². The van der Waals surface area contributed by atoms with Crippen LogP contribution in [0, 0.1) is 10.1 Å². The average molecular weight is 292 g/mol. The highest BCUT2D eigenvalue weighted by Crippen LogP contribution is 2.26. The summed E-state index contributed by atoms with van der Waals surface area (Å²) in [6.45, 7) is 0.444. The summed E-state index contributed by atoms with van der Waals surface area (Å²) in [6.07, 6.45) is 6.09. The third-order valence-corrected chi connectivity index (χ3v) is 3.92. The molecule has 0 saturated heterocycles. The lowest BCUT2D eigenvalue weighted by molar-refractivity contribution is -0.385. The van der Waals surface area contributed by atoms with E-state index < -0.39 is 0 Å². The van der Waals surface area contributed by atoms with E-state index >= 15 is 0 Å². The molecule has 20 heavy (non-hydrogen) atoms. The number of imidazole rings is 1. The minimum absolute atomic E-state index is 0.104. The summed E-state index contributed by atoms with van der Waals surface area (Å²) in [5.41, 5.74) is 3.05. The van der Waals surface area contributed by atoms with Crippen LogP contribution in [-0.2, 0) is 19.4 Å². The second-order valence-electron chi connectivity index (χ2n) is 5.00. The van der Waals surface area contributed by atoms with Gasteiger partial charge in [-0.25, -0.2) is 4.98 Å². The first-order chi connectivity index (χ1) is 9.65. The van der Waals surface area contributed by atoms with Gasteiger partial charge in [0.25, 0.3) is 5.69 Å². The molecule has 0 radical (unpaired) electrons. The molecule has 0 spiro atoms. The molecule has 0 unspecified atom stereocenters. The molecule has 0 N–H and O–H groups in total. The number of nitro groups is 1. The van der Waals surface area contributed by atoms with Gasteiger partial charge in [-0.05, 0) is 37.8 Å². The Morgan fingerprint density at radius 3 is 2.95 bits per heavy atom. The van der Waals surface area contributed by atoms with Crippen molar-refractivity contribution in [1.82, 2.24) is 9.55 Å². The van der Waals surface area contributed by atoms with E-state index in [2.05, 4.69) is 4.98 Å². The zero-order chi connectivity index (χ0) is 14.1. The predicted octanol–water partition coefficient (Wildman–Crippen LogP) is 3.37. The van der Waals surface area contributed by atoms with Crippen LogP contribution in [0.15, 0.2) is 24.5 Å². The van der Waals surface area contributed by atoms with Crippen molar-refractivity contribution in [3.8, 4) is 0 Å². The van der Waals surface area contributed by atoms with Gasteiger partial charge in [-0.1, -0.05) is 11.6 Å². The van der Waals surface area contributed by atoms with Crippen molar-refractivity contribution in [3.05, 3.63) is 56.6 Å². The smallest absolute Gasteiger partial charge is 0.274 e. The van der Waals surface area contributed by atoms with E-state index in [1.54, 1.807) is 18.5 Å². The lowest BCUT2D eigenvalue weighted by Crippen LogP contribution is -2.10. The number of aromatic nitrogens is 2. The summed E-state index contributed by atoms with van der Waals surface area (Å²) in [5, 5.41) is 11.6. The molecule has 5 nitrogen and oxygen atoms in total. The quantitative estimate of drug-likeness (QED) is 0.643. The van der Waals surface area contributed by atoms with Crippen LogP contribution < -0.4 is 0 Å². The van der Waals surface area contributed by atoms with Gasteiger partial charge in [-0.2, -0.15) is 0 Å². The second-order valence-corrected chi connectivity index (χ2v) is 5.44. The molecule has 1 aromatic carbocycles. The molecular formula is C14H14ClN3O2. The SMILES string of the molecule is O=[N+]([O-])c1ccc(Cl)cc1Cn1cnc2c1CCCC2.